The number of benzene rings is 1. The van der Waals surface area contributed by atoms with E-state index in [1.165, 1.54) is 0 Å². The van der Waals surface area contributed by atoms with Gasteiger partial charge < -0.3 is 4.74 Å². The van der Waals surface area contributed by atoms with E-state index in [0.717, 1.165) is 11.3 Å². The molecule has 0 amide bonds. The van der Waals surface area contributed by atoms with Crippen molar-refractivity contribution in [2.24, 2.45) is 5.41 Å². The predicted molar refractivity (Wildman–Crippen MR) is 123 cm³/mol. The van der Waals surface area contributed by atoms with Crippen LogP contribution >= 0.6 is 15.9 Å². The molecule has 0 radical (unpaired) electrons. The molecule has 0 aliphatic carbocycles. The molecule has 2 aromatic rings. The number of nitrogens with zero attached hydrogens (tertiary/aromatic N) is 3. The first-order valence-electron chi connectivity index (χ1n) is 10.0. The van der Waals surface area contributed by atoms with Crippen molar-refractivity contribution in [3.05, 3.63) is 51.3 Å². The third kappa shape index (κ3) is 5.02. The van der Waals surface area contributed by atoms with E-state index in [1.54, 1.807) is 25.5 Å². The van der Waals surface area contributed by atoms with E-state index in [4.69, 9.17) is 4.74 Å². The maximum absolute atomic E-state index is 12.8. The average molecular weight is 472 g/mol. The number of carbonyl (C=O) groups is 1. The third-order valence-corrected chi connectivity index (χ3v) is 5.70. The Labute approximate surface area is 187 Å². The normalized spacial score (nSPS) is 12.9. The molecule has 0 saturated carbocycles. The number of hydrogen-bond acceptors (Lipinski definition) is 4. The number of carbonyl (C=O) groups excluding carboxylic acids is 1. The van der Waals surface area contributed by atoms with E-state index < -0.39 is 11.4 Å². The highest BCUT2D eigenvalue weighted by atomic mass is 79.9. The molecule has 1 aromatic heterocycles. The van der Waals surface area contributed by atoms with Crippen LogP contribution in [0.4, 0.5) is 0 Å². The van der Waals surface area contributed by atoms with Crippen LogP contribution in [0.1, 0.15) is 71.0 Å². The summed E-state index contributed by atoms with van der Waals surface area (Å²) in [5.41, 5.74) is 2.77. The van der Waals surface area contributed by atoms with Crippen LogP contribution in [0.3, 0.4) is 0 Å². The fraction of sp³-hybridized carbons (Fsp3) is 0.458. The summed E-state index contributed by atoms with van der Waals surface area (Å²) in [6.45, 7) is 16.2. The Kier molecular flexibility index (Phi) is 6.98. The minimum atomic E-state index is -0.722. The molecular formula is C24H30BrN3O2. The van der Waals surface area contributed by atoms with Crippen molar-refractivity contribution in [2.45, 2.75) is 67.3 Å². The SMILES string of the molecule is CCn1nc(C)c(Br)c1/C(OC(=O)C(C)(C)C)=C(/C#N)c1ccc(C(C)(C)C)cc1. The molecular weight excluding hydrogens is 442 g/mol. The summed E-state index contributed by atoms with van der Waals surface area (Å²) >= 11 is 3.57. The molecule has 1 aromatic carbocycles. The van der Waals surface area contributed by atoms with Gasteiger partial charge in [0, 0.05) is 6.54 Å². The van der Waals surface area contributed by atoms with E-state index >= 15 is 0 Å². The first-order chi connectivity index (χ1) is 13.8. The molecule has 0 aliphatic heterocycles. The van der Waals surface area contributed by atoms with Gasteiger partial charge in [0.1, 0.15) is 17.3 Å². The maximum Gasteiger partial charge on any atom is 0.316 e. The standard InChI is InChI=1S/C24H30BrN3O2/c1-9-28-20(19(25)15(2)27-28)21(30-22(29)24(6,7)8)18(14-26)16-10-12-17(13-11-16)23(3,4)5/h10-13H,9H2,1-8H3/b21-18+. The number of hydrogen-bond donors (Lipinski definition) is 0. The summed E-state index contributed by atoms with van der Waals surface area (Å²) in [4.78, 5) is 12.8. The van der Waals surface area contributed by atoms with Crippen molar-refractivity contribution in [2.75, 3.05) is 0 Å². The van der Waals surface area contributed by atoms with Crippen molar-refractivity contribution in [1.29, 1.82) is 5.26 Å². The third-order valence-electron chi connectivity index (χ3n) is 4.75. The highest BCUT2D eigenvalue weighted by molar-refractivity contribution is 9.10. The summed E-state index contributed by atoms with van der Waals surface area (Å²) in [5.74, 6) is -0.194. The minimum absolute atomic E-state index is 0.00243. The minimum Gasteiger partial charge on any atom is -0.422 e. The summed E-state index contributed by atoms with van der Waals surface area (Å²) in [6, 6.07) is 10.1. The molecule has 0 spiro atoms. The van der Waals surface area contributed by atoms with Gasteiger partial charge >= 0.3 is 5.97 Å². The smallest absolute Gasteiger partial charge is 0.316 e. The highest BCUT2D eigenvalue weighted by Gasteiger charge is 2.30. The predicted octanol–water partition coefficient (Wildman–Crippen LogP) is 6.25. The van der Waals surface area contributed by atoms with Crippen LogP contribution in [-0.2, 0) is 21.5 Å². The Balaban J connectivity index is 2.77. The van der Waals surface area contributed by atoms with Gasteiger partial charge in [-0.25, -0.2) is 0 Å². The molecule has 1 heterocycles. The van der Waals surface area contributed by atoms with Gasteiger partial charge in [-0.05, 0) is 67.1 Å². The fourth-order valence-electron chi connectivity index (χ4n) is 2.85. The topological polar surface area (TPSA) is 67.9 Å². The lowest BCUT2D eigenvalue weighted by molar-refractivity contribution is -0.145. The van der Waals surface area contributed by atoms with Crippen molar-refractivity contribution in [3.63, 3.8) is 0 Å². The first-order valence-corrected chi connectivity index (χ1v) is 10.8. The Morgan fingerprint density at radius 1 is 1.17 bits per heavy atom. The van der Waals surface area contributed by atoms with Crippen LogP contribution in [-0.4, -0.2) is 15.7 Å². The largest absolute Gasteiger partial charge is 0.422 e. The van der Waals surface area contributed by atoms with Gasteiger partial charge in [0.15, 0.2) is 5.76 Å². The summed E-state index contributed by atoms with van der Waals surface area (Å²) in [7, 11) is 0. The quantitative estimate of drug-likeness (QED) is 0.300. The summed E-state index contributed by atoms with van der Waals surface area (Å²) in [5, 5.41) is 14.6. The molecule has 0 saturated heterocycles. The van der Waals surface area contributed by atoms with E-state index in [1.807, 2.05) is 38.1 Å². The number of halogens is 1. The monoisotopic (exact) mass is 471 g/mol. The van der Waals surface area contributed by atoms with E-state index in [-0.39, 0.29) is 11.2 Å². The molecule has 6 heteroatoms. The molecule has 160 valence electrons. The van der Waals surface area contributed by atoms with Gasteiger partial charge in [-0.2, -0.15) is 10.4 Å². The Hall–Kier alpha value is -2.39. The number of nitriles is 1. The maximum atomic E-state index is 12.8. The zero-order valence-corrected chi connectivity index (χ0v) is 20.6. The van der Waals surface area contributed by atoms with Crippen LogP contribution in [0.25, 0.3) is 11.3 Å². The Morgan fingerprint density at radius 2 is 1.73 bits per heavy atom. The van der Waals surface area contributed by atoms with Crippen molar-refractivity contribution in [3.8, 4) is 6.07 Å². The molecule has 2 rings (SSSR count). The number of rotatable bonds is 4. The van der Waals surface area contributed by atoms with Crippen molar-refractivity contribution < 1.29 is 9.53 Å². The zero-order chi connectivity index (χ0) is 22.9. The lowest BCUT2D eigenvalue weighted by Gasteiger charge is -2.21. The average Bonchev–Trinajstić information content (AvgIpc) is 2.94. The molecule has 0 N–H and O–H groups in total. The fourth-order valence-corrected chi connectivity index (χ4v) is 3.32. The van der Waals surface area contributed by atoms with E-state index in [0.29, 0.717) is 27.8 Å². The second kappa shape index (κ2) is 8.77. The van der Waals surface area contributed by atoms with Crippen LogP contribution in [0.5, 0.6) is 0 Å². The van der Waals surface area contributed by atoms with Gasteiger partial charge in [-0.1, -0.05) is 45.0 Å². The first kappa shape index (κ1) is 23.9. The number of esters is 1. The molecule has 0 atom stereocenters. The molecule has 0 bridgehead atoms. The Morgan fingerprint density at radius 3 is 2.17 bits per heavy atom. The summed E-state index contributed by atoms with van der Waals surface area (Å²) < 4.78 is 8.32. The van der Waals surface area contributed by atoms with Gasteiger partial charge in [-0.3, -0.25) is 9.48 Å². The van der Waals surface area contributed by atoms with Gasteiger partial charge in [0.25, 0.3) is 0 Å². The zero-order valence-electron chi connectivity index (χ0n) is 19.1. The number of allylic oxidation sites excluding steroid dienone is 1. The molecule has 0 aliphatic rings. The lowest BCUT2D eigenvalue weighted by Crippen LogP contribution is -2.23. The molecule has 30 heavy (non-hydrogen) atoms. The van der Waals surface area contributed by atoms with E-state index in [2.05, 4.69) is 47.9 Å². The van der Waals surface area contributed by atoms with Crippen molar-refractivity contribution >= 4 is 33.2 Å². The van der Waals surface area contributed by atoms with E-state index in [9.17, 15) is 10.1 Å². The molecule has 5 nitrogen and oxygen atoms in total. The van der Waals surface area contributed by atoms with Crippen LogP contribution < -0.4 is 0 Å². The second-order valence-electron chi connectivity index (χ2n) is 9.35. The van der Waals surface area contributed by atoms with Crippen LogP contribution in [0.15, 0.2) is 28.7 Å². The van der Waals surface area contributed by atoms with Crippen LogP contribution in [0.2, 0.25) is 0 Å². The molecule has 0 fully saturated rings. The van der Waals surface area contributed by atoms with Gasteiger partial charge in [0.05, 0.1) is 15.6 Å². The van der Waals surface area contributed by atoms with Gasteiger partial charge in [0.2, 0.25) is 0 Å². The lowest BCUT2D eigenvalue weighted by atomic mass is 9.86. The number of ether oxygens (including phenoxy) is 1. The Bertz CT molecular complexity index is 1010. The van der Waals surface area contributed by atoms with Crippen molar-refractivity contribution in [1.82, 2.24) is 9.78 Å². The highest BCUT2D eigenvalue weighted by Crippen LogP contribution is 2.36. The second-order valence-corrected chi connectivity index (χ2v) is 10.1. The molecule has 0 unspecified atom stereocenters. The summed E-state index contributed by atoms with van der Waals surface area (Å²) in [6.07, 6.45) is 0. The van der Waals surface area contributed by atoms with Crippen LogP contribution in [0, 0.1) is 23.7 Å². The number of aryl methyl sites for hydroxylation is 2. The van der Waals surface area contributed by atoms with Gasteiger partial charge in [-0.15, -0.1) is 0 Å². The number of aromatic nitrogens is 2.